The molecule has 0 saturated carbocycles. The Hall–Kier alpha value is -2.37. The summed E-state index contributed by atoms with van der Waals surface area (Å²) in [5.41, 5.74) is 1.19. The van der Waals surface area contributed by atoms with Crippen molar-refractivity contribution < 1.29 is 14.4 Å². The molecule has 2 heterocycles. The molecular formula is C15H17N3O3. The summed E-state index contributed by atoms with van der Waals surface area (Å²) in [6, 6.07) is 4.58. The summed E-state index contributed by atoms with van der Waals surface area (Å²) >= 11 is 0. The molecule has 2 aliphatic heterocycles. The fourth-order valence-corrected chi connectivity index (χ4v) is 2.82. The van der Waals surface area contributed by atoms with Crippen LogP contribution in [0.5, 0.6) is 0 Å². The third-order valence-corrected chi connectivity index (χ3v) is 3.93. The van der Waals surface area contributed by atoms with E-state index in [9.17, 15) is 14.4 Å². The molecule has 1 aromatic carbocycles. The van der Waals surface area contributed by atoms with Crippen molar-refractivity contribution in [1.82, 2.24) is 10.2 Å². The van der Waals surface area contributed by atoms with Gasteiger partial charge >= 0.3 is 6.03 Å². The smallest absolute Gasteiger partial charge is 0.321 e. The quantitative estimate of drug-likeness (QED) is 0.773. The van der Waals surface area contributed by atoms with Crippen LogP contribution in [0.1, 0.15) is 40.5 Å². The Morgan fingerprint density at radius 2 is 2.05 bits per heavy atom. The second-order valence-corrected chi connectivity index (χ2v) is 5.67. The monoisotopic (exact) mass is 287 g/mol. The zero-order valence-electron chi connectivity index (χ0n) is 11.8. The Bertz CT molecular complexity index is 627. The van der Waals surface area contributed by atoms with Gasteiger partial charge in [-0.3, -0.25) is 14.9 Å². The van der Waals surface area contributed by atoms with Crippen LogP contribution in [0, 0.1) is 5.92 Å². The minimum Gasteiger partial charge on any atom is -0.324 e. The van der Waals surface area contributed by atoms with Gasteiger partial charge in [0.15, 0.2) is 0 Å². The van der Waals surface area contributed by atoms with Crippen molar-refractivity contribution in [2.45, 2.75) is 19.8 Å². The summed E-state index contributed by atoms with van der Waals surface area (Å²) in [6.45, 7) is 3.63. The Kier molecular flexibility index (Phi) is 3.37. The summed E-state index contributed by atoms with van der Waals surface area (Å²) in [5.74, 6) is -0.302. The Morgan fingerprint density at radius 3 is 2.81 bits per heavy atom. The number of rotatable bonds is 1. The lowest BCUT2D eigenvalue weighted by atomic mass is 10.0. The van der Waals surface area contributed by atoms with Crippen LogP contribution in [0.4, 0.5) is 10.5 Å². The molecule has 0 aromatic heterocycles. The molecule has 1 unspecified atom stereocenters. The second-order valence-electron chi connectivity index (χ2n) is 5.67. The average molecular weight is 287 g/mol. The first-order valence-electron chi connectivity index (χ1n) is 7.10. The van der Waals surface area contributed by atoms with E-state index in [2.05, 4.69) is 17.6 Å². The van der Waals surface area contributed by atoms with E-state index in [1.165, 1.54) is 0 Å². The molecule has 2 N–H and O–H groups in total. The molecule has 2 aliphatic rings. The minimum absolute atomic E-state index is 0.161. The van der Waals surface area contributed by atoms with E-state index >= 15 is 0 Å². The molecule has 21 heavy (non-hydrogen) atoms. The number of hydrogen-bond donors (Lipinski definition) is 2. The molecule has 3 rings (SSSR count). The summed E-state index contributed by atoms with van der Waals surface area (Å²) in [5, 5.41) is 5.02. The first-order chi connectivity index (χ1) is 10.0. The molecule has 6 nitrogen and oxygen atoms in total. The predicted octanol–water partition coefficient (Wildman–Crippen LogP) is 1.83. The summed E-state index contributed by atoms with van der Waals surface area (Å²) in [7, 11) is 0. The fraction of sp³-hybridized carbons (Fsp3) is 0.400. The molecule has 1 saturated heterocycles. The minimum atomic E-state index is -0.419. The van der Waals surface area contributed by atoms with Gasteiger partial charge in [0.2, 0.25) is 0 Å². The van der Waals surface area contributed by atoms with E-state index < -0.39 is 11.8 Å². The molecule has 0 bridgehead atoms. The average Bonchev–Trinajstić information content (AvgIpc) is 2.74. The highest BCUT2D eigenvalue weighted by atomic mass is 16.2. The maximum absolute atomic E-state index is 12.2. The Labute approximate surface area is 122 Å². The van der Waals surface area contributed by atoms with Gasteiger partial charge in [-0.25, -0.2) is 4.79 Å². The highest BCUT2D eigenvalue weighted by Gasteiger charge is 2.27. The van der Waals surface area contributed by atoms with Crippen LogP contribution in [0.3, 0.4) is 0 Å². The van der Waals surface area contributed by atoms with Crippen molar-refractivity contribution in [3.8, 4) is 0 Å². The van der Waals surface area contributed by atoms with E-state index in [-0.39, 0.29) is 6.03 Å². The lowest BCUT2D eigenvalue weighted by Crippen LogP contribution is -2.41. The van der Waals surface area contributed by atoms with Gasteiger partial charge in [0, 0.05) is 18.8 Å². The normalized spacial score (nSPS) is 21.0. The summed E-state index contributed by atoms with van der Waals surface area (Å²) in [6.07, 6.45) is 2.15. The highest BCUT2D eigenvalue weighted by molar-refractivity contribution is 6.22. The molecule has 0 radical (unpaired) electrons. The molecule has 4 amide bonds. The van der Waals surface area contributed by atoms with Crippen LogP contribution in [0.25, 0.3) is 0 Å². The zero-order valence-corrected chi connectivity index (χ0v) is 11.8. The maximum atomic E-state index is 12.2. The third-order valence-electron chi connectivity index (χ3n) is 3.93. The third kappa shape index (κ3) is 2.61. The number of carbonyl (C=O) groups excluding carboxylic acids is 3. The number of benzene rings is 1. The lowest BCUT2D eigenvalue weighted by molar-refractivity contribution is 0.0879. The number of piperidine rings is 1. The van der Waals surface area contributed by atoms with Crippen LogP contribution in [-0.4, -0.2) is 35.8 Å². The second kappa shape index (κ2) is 5.20. The number of nitrogens with zero attached hydrogens (tertiary/aromatic N) is 1. The largest absolute Gasteiger partial charge is 0.324 e. The molecule has 1 aromatic rings. The molecule has 110 valence electrons. The van der Waals surface area contributed by atoms with Gasteiger partial charge in [-0.05, 0) is 37.0 Å². The SMILES string of the molecule is CC1CCCN(C(=O)Nc2ccc3c(c2)C(=O)NC3=O)C1. The van der Waals surface area contributed by atoms with Crippen molar-refractivity contribution in [1.29, 1.82) is 0 Å². The first-order valence-corrected chi connectivity index (χ1v) is 7.10. The topological polar surface area (TPSA) is 78.5 Å². The van der Waals surface area contributed by atoms with Gasteiger partial charge in [0.25, 0.3) is 11.8 Å². The maximum Gasteiger partial charge on any atom is 0.321 e. The van der Waals surface area contributed by atoms with Gasteiger partial charge < -0.3 is 10.2 Å². The van der Waals surface area contributed by atoms with Crippen LogP contribution < -0.4 is 10.6 Å². The standard InChI is InChI=1S/C15H17N3O3/c1-9-3-2-6-18(8-9)15(21)16-10-4-5-11-12(7-10)14(20)17-13(11)19/h4-5,7,9H,2-3,6,8H2,1H3,(H,16,21)(H,17,19,20). The number of nitrogens with one attached hydrogen (secondary N) is 2. The fourth-order valence-electron chi connectivity index (χ4n) is 2.82. The molecule has 1 fully saturated rings. The zero-order chi connectivity index (χ0) is 15.0. The van der Waals surface area contributed by atoms with Gasteiger partial charge in [-0.1, -0.05) is 6.92 Å². The number of hydrogen-bond acceptors (Lipinski definition) is 3. The Balaban J connectivity index is 1.74. The number of fused-ring (bicyclic) bond motifs is 1. The van der Waals surface area contributed by atoms with Gasteiger partial charge in [0.1, 0.15) is 0 Å². The number of anilines is 1. The van der Waals surface area contributed by atoms with Crippen molar-refractivity contribution in [3.63, 3.8) is 0 Å². The molecule has 0 aliphatic carbocycles. The number of carbonyl (C=O) groups is 3. The molecule has 6 heteroatoms. The number of imide groups is 1. The van der Waals surface area contributed by atoms with Crippen molar-refractivity contribution in [3.05, 3.63) is 29.3 Å². The van der Waals surface area contributed by atoms with Crippen molar-refractivity contribution in [2.75, 3.05) is 18.4 Å². The van der Waals surface area contributed by atoms with Gasteiger partial charge in [-0.2, -0.15) is 0 Å². The van der Waals surface area contributed by atoms with Crippen LogP contribution >= 0.6 is 0 Å². The van der Waals surface area contributed by atoms with Crippen LogP contribution in [0.15, 0.2) is 18.2 Å². The number of amides is 4. The van der Waals surface area contributed by atoms with Crippen molar-refractivity contribution in [2.24, 2.45) is 5.92 Å². The van der Waals surface area contributed by atoms with E-state index in [0.717, 1.165) is 25.9 Å². The van der Waals surface area contributed by atoms with Crippen LogP contribution in [0.2, 0.25) is 0 Å². The van der Waals surface area contributed by atoms with E-state index in [1.807, 2.05) is 0 Å². The highest BCUT2D eigenvalue weighted by Crippen LogP contribution is 2.21. The molecule has 1 atom stereocenters. The first kappa shape index (κ1) is 13.6. The van der Waals surface area contributed by atoms with Gasteiger partial charge in [-0.15, -0.1) is 0 Å². The van der Waals surface area contributed by atoms with Crippen LogP contribution in [-0.2, 0) is 0 Å². The summed E-state index contributed by atoms with van der Waals surface area (Å²) < 4.78 is 0. The number of likely N-dealkylation sites (tertiary alicyclic amines) is 1. The Morgan fingerprint density at radius 1 is 1.29 bits per heavy atom. The summed E-state index contributed by atoms with van der Waals surface area (Å²) in [4.78, 5) is 37.1. The van der Waals surface area contributed by atoms with E-state index in [0.29, 0.717) is 22.7 Å². The van der Waals surface area contributed by atoms with Crippen molar-refractivity contribution >= 4 is 23.5 Å². The lowest BCUT2D eigenvalue weighted by Gasteiger charge is -2.30. The predicted molar refractivity (Wildman–Crippen MR) is 77.2 cm³/mol. The van der Waals surface area contributed by atoms with Gasteiger partial charge in [0.05, 0.1) is 11.1 Å². The molecule has 0 spiro atoms. The molecular weight excluding hydrogens is 270 g/mol. The van der Waals surface area contributed by atoms with E-state index in [1.54, 1.807) is 23.1 Å². The number of urea groups is 1. The van der Waals surface area contributed by atoms with E-state index in [4.69, 9.17) is 0 Å².